The lowest BCUT2D eigenvalue weighted by atomic mass is 10.1. The Morgan fingerprint density at radius 3 is 2.59 bits per heavy atom. The molecule has 2 aliphatic heterocycles. The lowest BCUT2D eigenvalue weighted by Gasteiger charge is -2.36. The highest BCUT2D eigenvalue weighted by atomic mass is 32.2. The summed E-state index contributed by atoms with van der Waals surface area (Å²) >= 11 is 0. The molecule has 2 aliphatic rings. The van der Waals surface area contributed by atoms with E-state index in [1.54, 1.807) is 12.4 Å². The molecule has 0 unspecified atom stereocenters. The van der Waals surface area contributed by atoms with E-state index in [1.165, 1.54) is 10.4 Å². The highest BCUT2D eigenvalue weighted by molar-refractivity contribution is 7.92. The number of hydrogen-bond acceptors (Lipinski definition) is 9. The van der Waals surface area contributed by atoms with Crippen molar-refractivity contribution in [2.75, 3.05) is 35.1 Å². The Labute approximate surface area is 238 Å². The third-order valence-corrected chi connectivity index (χ3v) is 8.43. The van der Waals surface area contributed by atoms with Crippen LogP contribution in [-0.4, -0.2) is 72.4 Å². The maximum Gasteiger partial charge on any atom is 0.270 e. The van der Waals surface area contributed by atoms with Crippen molar-refractivity contribution >= 4 is 38.3 Å². The van der Waals surface area contributed by atoms with Crippen LogP contribution in [0.2, 0.25) is 0 Å². The Morgan fingerprint density at radius 1 is 1.02 bits per heavy atom. The molecule has 0 saturated carbocycles. The first-order valence-electron chi connectivity index (χ1n) is 13.5. The first kappa shape index (κ1) is 27.0. The van der Waals surface area contributed by atoms with Gasteiger partial charge >= 0.3 is 0 Å². The summed E-state index contributed by atoms with van der Waals surface area (Å²) in [4.78, 5) is 33.6. The number of amides is 1. The molecule has 2 atom stereocenters. The number of ether oxygens (including phenoxy) is 1. The average molecular weight is 574 g/mol. The van der Waals surface area contributed by atoms with E-state index >= 15 is 0 Å². The van der Waals surface area contributed by atoms with Crippen molar-refractivity contribution in [1.82, 2.24) is 25.3 Å². The van der Waals surface area contributed by atoms with Gasteiger partial charge in [0.25, 0.3) is 5.91 Å². The molecular formula is C29H31N7O4S. The van der Waals surface area contributed by atoms with Crippen molar-refractivity contribution in [3.05, 3.63) is 71.8 Å². The Kier molecular flexibility index (Phi) is 7.04. The fourth-order valence-corrected chi connectivity index (χ4v) is 6.32. The normalized spacial score (nSPS) is 18.9. The van der Waals surface area contributed by atoms with Gasteiger partial charge in [0, 0.05) is 37.4 Å². The Hall–Kier alpha value is -4.16. The molecule has 1 N–H and O–H groups in total. The van der Waals surface area contributed by atoms with E-state index in [0.29, 0.717) is 24.3 Å². The maximum atomic E-state index is 12.9. The van der Waals surface area contributed by atoms with E-state index in [1.807, 2.05) is 36.4 Å². The fraction of sp³-hybridized carbons (Fsp3) is 0.345. The Balaban J connectivity index is 1.19. The van der Waals surface area contributed by atoms with Crippen molar-refractivity contribution < 1.29 is 17.9 Å². The van der Waals surface area contributed by atoms with E-state index < -0.39 is 15.9 Å². The second-order valence-electron chi connectivity index (χ2n) is 10.6. The summed E-state index contributed by atoms with van der Waals surface area (Å²) < 4.78 is 31.4. The molecule has 4 aromatic rings. The molecular weight excluding hydrogens is 542 g/mol. The number of morpholine rings is 1. The molecule has 0 radical (unpaired) electrons. The van der Waals surface area contributed by atoms with Crippen LogP contribution in [0, 0.1) is 0 Å². The van der Waals surface area contributed by atoms with E-state index in [4.69, 9.17) is 14.7 Å². The van der Waals surface area contributed by atoms with Crippen LogP contribution in [0.1, 0.15) is 35.6 Å². The van der Waals surface area contributed by atoms with Gasteiger partial charge in [-0.2, -0.15) is 0 Å². The predicted molar refractivity (Wildman–Crippen MR) is 156 cm³/mol. The number of hydrogen-bond donors (Lipinski definition) is 1. The van der Waals surface area contributed by atoms with Gasteiger partial charge in [0.05, 0.1) is 53.3 Å². The third kappa shape index (κ3) is 5.70. The number of fused-ring (bicyclic) bond motifs is 2. The van der Waals surface area contributed by atoms with Crippen molar-refractivity contribution in [3.63, 3.8) is 0 Å². The number of pyridine rings is 4. The number of rotatable bonds is 6. The van der Waals surface area contributed by atoms with Crippen LogP contribution in [0.4, 0.5) is 11.5 Å². The number of aromatic nitrogens is 4. The summed E-state index contributed by atoms with van der Waals surface area (Å²) in [6, 6.07) is 13.2. The molecule has 12 heteroatoms. The number of anilines is 2. The minimum atomic E-state index is -3.43. The van der Waals surface area contributed by atoms with Gasteiger partial charge in [-0.25, -0.2) is 18.4 Å². The first-order chi connectivity index (χ1) is 19.6. The molecule has 6 rings (SSSR count). The molecule has 6 heterocycles. The van der Waals surface area contributed by atoms with Crippen LogP contribution in [0.15, 0.2) is 54.9 Å². The van der Waals surface area contributed by atoms with Crippen molar-refractivity contribution in [3.8, 4) is 11.4 Å². The fourth-order valence-electron chi connectivity index (χ4n) is 5.37. The number of carbonyl (C=O) groups excluding carboxylic acids is 1. The van der Waals surface area contributed by atoms with E-state index in [9.17, 15) is 13.2 Å². The van der Waals surface area contributed by atoms with Gasteiger partial charge in [-0.3, -0.25) is 19.1 Å². The SMILES string of the molecule is C[C@@H]1CN(c2cccc(-c3ccc4cnc(CNC(=O)c5cc6c(cn5)CCN6S(C)(=O)=O)cc4n3)n2)C[C@H](C)O1. The molecule has 1 amide bonds. The zero-order chi connectivity index (χ0) is 28.7. The van der Waals surface area contributed by atoms with Gasteiger partial charge in [0.15, 0.2) is 0 Å². The number of carbonyl (C=O) groups is 1. The van der Waals surface area contributed by atoms with Gasteiger partial charge < -0.3 is 15.0 Å². The van der Waals surface area contributed by atoms with Crippen LogP contribution < -0.4 is 14.5 Å². The summed E-state index contributed by atoms with van der Waals surface area (Å²) in [6.07, 6.45) is 5.29. The molecule has 0 aliphatic carbocycles. The summed E-state index contributed by atoms with van der Waals surface area (Å²) in [5, 5.41) is 3.71. The zero-order valence-electron chi connectivity index (χ0n) is 23.1. The van der Waals surface area contributed by atoms with Crippen molar-refractivity contribution in [2.45, 2.75) is 39.0 Å². The predicted octanol–water partition coefficient (Wildman–Crippen LogP) is 2.95. The summed E-state index contributed by atoms with van der Waals surface area (Å²) in [7, 11) is -3.43. The Morgan fingerprint density at radius 2 is 1.80 bits per heavy atom. The molecule has 1 fully saturated rings. The molecule has 0 aromatic carbocycles. The molecule has 1 saturated heterocycles. The van der Waals surface area contributed by atoms with Gasteiger partial charge in [-0.15, -0.1) is 0 Å². The molecule has 0 spiro atoms. The lowest BCUT2D eigenvalue weighted by Crippen LogP contribution is -2.45. The van der Waals surface area contributed by atoms with Crippen LogP contribution in [-0.2, 0) is 27.7 Å². The van der Waals surface area contributed by atoms with Gasteiger partial charge in [0.1, 0.15) is 11.5 Å². The third-order valence-electron chi connectivity index (χ3n) is 7.25. The monoisotopic (exact) mass is 573 g/mol. The highest BCUT2D eigenvalue weighted by Crippen LogP contribution is 2.30. The van der Waals surface area contributed by atoms with Crippen molar-refractivity contribution in [2.24, 2.45) is 0 Å². The number of nitrogens with zero attached hydrogens (tertiary/aromatic N) is 6. The number of sulfonamides is 1. The van der Waals surface area contributed by atoms with E-state index in [0.717, 1.165) is 53.0 Å². The van der Waals surface area contributed by atoms with E-state index in [2.05, 4.69) is 34.0 Å². The van der Waals surface area contributed by atoms with Gasteiger partial charge in [-0.1, -0.05) is 6.07 Å². The Bertz CT molecular complexity index is 1740. The summed E-state index contributed by atoms with van der Waals surface area (Å²) in [6.45, 7) is 6.21. The minimum Gasteiger partial charge on any atom is -0.372 e. The van der Waals surface area contributed by atoms with Crippen LogP contribution >= 0.6 is 0 Å². The second-order valence-corrected chi connectivity index (χ2v) is 12.5. The van der Waals surface area contributed by atoms with Gasteiger partial charge in [-0.05, 0) is 62.2 Å². The molecule has 41 heavy (non-hydrogen) atoms. The molecule has 0 bridgehead atoms. The summed E-state index contributed by atoms with van der Waals surface area (Å²) in [5.74, 6) is 0.480. The van der Waals surface area contributed by atoms with Crippen LogP contribution in [0.3, 0.4) is 0 Å². The summed E-state index contributed by atoms with van der Waals surface area (Å²) in [5.41, 5.74) is 4.34. The molecule has 212 valence electrons. The first-order valence-corrected chi connectivity index (χ1v) is 15.4. The van der Waals surface area contributed by atoms with Crippen molar-refractivity contribution in [1.29, 1.82) is 0 Å². The standard InChI is InChI=1S/C29H31N7O4S/c1-18-16-35(17-19(2)40-18)28-6-4-5-23(34-28)24-8-7-20-13-30-22(11-25(20)33-24)15-32-29(37)26-12-27-21(14-31-26)9-10-36(27)41(3,38)39/h4-8,11-14,18-19H,9-10,15-17H2,1-3H3,(H,32,37)/t18-,19+. The quantitative estimate of drug-likeness (QED) is 0.370. The minimum absolute atomic E-state index is 0.134. The number of nitrogens with one attached hydrogen (secondary N) is 1. The maximum absolute atomic E-state index is 12.9. The van der Waals surface area contributed by atoms with Crippen LogP contribution in [0.25, 0.3) is 22.3 Å². The van der Waals surface area contributed by atoms with Gasteiger partial charge in [0.2, 0.25) is 10.0 Å². The van der Waals surface area contributed by atoms with Crippen LogP contribution in [0.5, 0.6) is 0 Å². The topological polar surface area (TPSA) is 131 Å². The second kappa shape index (κ2) is 10.7. The molecule has 11 nitrogen and oxygen atoms in total. The largest absolute Gasteiger partial charge is 0.372 e. The smallest absolute Gasteiger partial charge is 0.270 e. The average Bonchev–Trinajstić information content (AvgIpc) is 3.39. The van der Waals surface area contributed by atoms with E-state index in [-0.39, 0.29) is 24.4 Å². The highest BCUT2D eigenvalue weighted by Gasteiger charge is 2.28. The zero-order valence-corrected chi connectivity index (χ0v) is 23.9. The molecule has 4 aromatic heterocycles. The lowest BCUT2D eigenvalue weighted by molar-refractivity contribution is -0.00545.